The highest BCUT2D eigenvalue weighted by molar-refractivity contribution is 5.78. The van der Waals surface area contributed by atoms with Gasteiger partial charge in [0.2, 0.25) is 0 Å². The fraction of sp³-hybridized carbons (Fsp3) is 0.458. The average Bonchev–Trinajstić information content (AvgIpc) is 3.11. The topological polar surface area (TPSA) is 24.3 Å². The molecule has 4 nitrogen and oxygen atoms in total. The summed E-state index contributed by atoms with van der Waals surface area (Å²) in [7, 11) is 0. The van der Waals surface area contributed by atoms with Crippen LogP contribution >= 0.6 is 0 Å². The van der Waals surface area contributed by atoms with Crippen molar-refractivity contribution < 1.29 is 0 Å². The lowest BCUT2D eigenvalue weighted by molar-refractivity contribution is 0.196. The van der Waals surface area contributed by atoms with E-state index in [1.807, 2.05) is 0 Å². The summed E-state index contributed by atoms with van der Waals surface area (Å²) < 4.78 is 2.42. The number of aryl methyl sites for hydroxylation is 1. The zero-order valence-corrected chi connectivity index (χ0v) is 17.0. The number of rotatable bonds is 4. The van der Waals surface area contributed by atoms with Gasteiger partial charge in [0, 0.05) is 49.5 Å². The van der Waals surface area contributed by atoms with Gasteiger partial charge >= 0.3 is 0 Å². The van der Waals surface area contributed by atoms with Crippen molar-refractivity contribution in [3.05, 3.63) is 54.2 Å². The highest BCUT2D eigenvalue weighted by Crippen LogP contribution is 2.41. The number of anilines is 2. The Morgan fingerprint density at radius 2 is 1.61 bits per heavy atom. The van der Waals surface area contributed by atoms with Crippen LogP contribution < -0.4 is 9.80 Å². The van der Waals surface area contributed by atoms with Crippen LogP contribution in [0.5, 0.6) is 0 Å². The Labute approximate surface area is 167 Å². The van der Waals surface area contributed by atoms with Gasteiger partial charge in [0.25, 0.3) is 0 Å². The molecule has 0 atom stereocenters. The molecule has 2 fully saturated rings. The maximum absolute atomic E-state index is 5.09. The van der Waals surface area contributed by atoms with Crippen LogP contribution in [0.2, 0.25) is 0 Å². The molecular formula is C24H30N4. The Hall–Kier alpha value is -2.49. The predicted molar refractivity (Wildman–Crippen MR) is 117 cm³/mol. The van der Waals surface area contributed by atoms with Crippen molar-refractivity contribution in [2.24, 2.45) is 5.92 Å². The third kappa shape index (κ3) is 3.15. The maximum Gasteiger partial charge on any atom is 0.142 e. The first-order valence-corrected chi connectivity index (χ1v) is 10.8. The minimum Gasteiger partial charge on any atom is -0.368 e. The molecule has 1 saturated heterocycles. The number of piperazine rings is 1. The summed E-state index contributed by atoms with van der Waals surface area (Å²) in [5.74, 6) is 2.03. The summed E-state index contributed by atoms with van der Waals surface area (Å²) in [6.45, 7) is 8.59. The third-order valence-corrected chi connectivity index (χ3v) is 6.73. The number of hydrogen-bond acceptors (Lipinski definition) is 3. The van der Waals surface area contributed by atoms with Gasteiger partial charge in [-0.05, 0) is 56.0 Å². The first kappa shape index (κ1) is 17.6. The van der Waals surface area contributed by atoms with Crippen molar-refractivity contribution in [1.29, 1.82) is 0 Å². The van der Waals surface area contributed by atoms with Crippen LogP contribution in [-0.4, -0.2) is 35.7 Å². The van der Waals surface area contributed by atoms with Gasteiger partial charge in [-0.2, -0.15) is 0 Å². The molecule has 0 N–H and O–H groups in total. The second kappa shape index (κ2) is 7.16. The third-order valence-electron chi connectivity index (χ3n) is 6.73. The van der Waals surface area contributed by atoms with E-state index in [9.17, 15) is 0 Å². The van der Waals surface area contributed by atoms with Crippen LogP contribution in [0.3, 0.4) is 0 Å². The zero-order chi connectivity index (χ0) is 19.1. The molecule has 3 heterocycles. The summed E-state index contributed by atoms with van der Waals surface area (Å²) >= 11 is 0. The molecular weight excluding hydrogens is 344 g/mol. The van der Waals surface area contributed by atoms with Gasteiger partial charge in [-0.3, -0.25) is 0 Å². The van der Waals surface area contributed by atoms with Gasteiger partial charge in [-0.1, -0.05) is 31.0 Å². The average molecular weight is 375 g/mol. The number of fused-ring (bicyclic) bond motifs is 1. The van der Waals surface area contributed by atoms with E-state index in [4.69, 9.17) is 4.98 Å². The van der Waals surface area contributed by atoms with Crippen LogP contribution in [0.15, 0.2) is 48.7 Å². The lowest BCUT2D eigenvalue weighted by Gasteiger charge is -2.37. The molecule has 1 aromatic carbocycles. The quantitative estimate of drug-likeness (QED) is 0.640. The standard InChI is InChI=1S/C24H30N4/c1-3-19-16-22(17-19)28-11-10-20-6-9-23(25-24(20)28)27-14-12-26(13-15-27)21-7-4-18(2)5-8-21/h4-11,19,22H,3,12-17H2,1-2H3. The zero-order valence-electron chi connectivity index (χ0n) is 17.0. The molecule has 1 aliphatic heterocycles. The van der Waals surface area contributed by atoms with Crippen LogP contribution in [0.4, 0.5) is 11.5 Å². The van der Waals surface area contributed by atoms with Crippen molar-refractivity contribution in [3.63, 3.8) is 0 Å². The molecule has 2 aromatic heterocycles. The lowest BCUT2D eigenvalue weighted by atomic mass is 9.78. The van der Waals surface area contributed by atoms with Gasteiger partial charge in [0.05, 0.1) is 0 Å². The van der Waals surface area contributed by atoms with Crippen molar-refractivity contribution in [1.82, 2.24) is 9.55 Å². The molecule has 1 saturated carbocycles. The molecule has 0 spiro atoms. The summed E-state index contributed by atoms with van der Waals surface area (Å²) in [4.78, 5) is 10.0. The number of nitrogens with zero attached hydrogens (tertiary/aromatic N) is 4. The highest BCUT2D eigenvalue weighted by atomic mass is 15.3. The van der Waals surface area contributed by atoms with E-state index in [-0.39, 0.29) is 0 Å². The smallest absolute Gasteiger partial charge is 0.142 e. The largest absolute Gasteiger partial charge is 0.368 e. The summed E-state index contributed by atoms with van der Waals surface area (Å²) in [6, 6.07) is 16.2. The summed E-state index contributed by atoms with van der Waals surface area (Å²) in [6.07, 6.45) is 6.16. The van der Waals surface area contributed by atoms with Crippen LogP contribution in [0.25, 0.3) is 11.0 Å². The summed E-state index contributed by atoms with van der Waals surface area (Å²) in [5.41, 5.74) is 3.82. The predicted octanol–water partition coefficient (Wildman–Crippen LogP) is 5.03. The van der Waals surface area contributed by atoms with E-state index in [1.54, 1.807) is 0 Å². The van der Waals surface area contributed by atoms with Crippen molar-refractivity contribution >= 4 is 22.5 Å². The maximum atomic E-state index is 5.09. The normalized spacial score (nSPS) is 22.5. The highest BCUT2D eigenvalue weighted by Gasteiger charge is 2.30. The van der Waals surface area contributed by atoms with Crippen molar-refractivity contribution in [2.75, 3.05) is 36.0 Å². The summed E-state index contributed by atoms with van der Waals surface area (Å²) in [5, 5.41) is 1.27. The van der Waals surface area contributed by atoms with E-state index < -0.39 is 0 Å². The first-order chi connectivity index (χ1) is 13.7. The molecule has 0 amide bonds. The van der Waals surface area contributed by atoms with Crippen LogP contribution in [-0.2, 0) is 0 Å². The second-order valence-corrected chi connectivity index (χ2v) is 8.51. The number of hydrogen-bond donors (Lipinski definition) is 0. The molecule has 1 aliphatic carbocycles. The SMILES string of the molecule is CCC1CC(n2ccc3ccc(N4CCN(c5ccc(C)cc5)CC4)nc32)C1. The molecule has 2 aliphatic rings. The fourth-order valence-corrected chi connectivity index (χ4v) is 4.70. The van der Waals surface area contributed by atoms with Crippen LogP contribution in [0, 0.1) is 12.8 Å². The molecule has 28 heavy (non-hydrogen) atoms. The van der Waals surface area contributed by atoms with Gasteiger partial charge in [0.1, 0.15) is 11.5 Å². The molecule has 0 bridgehead atoms. The molecule has 0 radical (unpaired) electrons. The Morgan fingerprint density at radius 1 is 0.893 bits per heavy atom. The van der Waals surface area contributed by atoms with Gasteiger partial charge < -0.3 is 14.4 Å². The van der Waals surface area contributed by atoms with E-state index in [0.29, 0.717) is 6.04 Å². The van der Waals surface area contributed by atoms with Gasteiger partial charge in [-0.25, -0.2) is 4.98 Å². The first-order valence-electron chi connectivity index (χ1n) is 10.8. The monoisotopic (exact) mass is 374 g/mol. The second-order valence-electron chi connectivity index (χ2n) is 8.51. The molecule has 4 heteroatoms. The Balaban J connectivity index is 1.31. The van der Waals surface area contributed by atoms with E-state index in [0.717, 1.165) is 43.6 Å². The van der Waals surface area contributed by atoms with E-state index in [2.05, 4.69) is 76.9 Å². The van der Waals surface area contributed by atoms with Crippen LogP contribution in [0.1, 0.15) is 37.8 Å². The Kier molecular flexibility index (Phi) is 4.50. The van der Waals surface area contributed by atoms with E-state index >= 15 is 0 Å². The van der Waals surface area contributed by atoms with Crippen molar-refractivity contribution in [3.8, 4) is 0 Å². The van der Waals surface area contributed by atoms with E-state index in [1.165, 1.54) is 35.9 Å². The molecule has 3 aromatic rings. The number of benzene rings is 1. The van der Waals surface area contributed by atoms with Gasteiger partial charge in [-0.15, -0.1) is 0 Å². The fourth-order valence-electron chi connectivity index (χ4n) is 4.70. The number of aromatic nitrogens is 2. The van der Waals surface area contributed by atoms with Gasteiger partial charge in [0.15, 0.2) is 0 Å². The minimum absolute atomic E-state index is 0.642. The Morgan fingerprint density at radius 3 is 2.32 bits per heavy atom. The Bertz CT molecular complexity index is 944. The molecule has 5 rings (SSSR count). The number of pyridine rings is 1. The lowest BCUT2D eigenvalue weighted by Crippen LogP contribution is -2.46. The van der Waals surface area contributed by atoms with Crippen molar-refractivity contribution in [2.45, 2.75) is 39.2 Å². The molecule has 0 unspecified atom stereocenters. The minimum atomic E-state index is 0.642. The molecule has 146 valence electrons.